The van der Waals surface area contributed by atoms with Gasteiger partial charge in [-0.05, 0) is 118 Å². The number of nitrogens with one attached hydrogen (secondary N) is 2. The molecule has 8 rings (SSSR count). The summed E-state index contributed by atoms with van der Waals surface area (Å²) < 4.78 is 1.22. The second-order valence-corrected chi connectivity index (χ2v) is 14.9. The van der Waals surface area contributed by atoms with Crippen molar-refractivity contribution < 1.29 is 0 Å². The monoisotopic (exact) mass is 796 g/mol. The smallest absolute Gasteiger partial charge is 0.0545 e. The standard InChI is InChI=1S/C50H41IN2/c1-4-6-18-34(5-2)37-30-38(35-19-8-7-9-20-35)32-39(31-37)52-50-42(40-22-12-10-17-33(40)3)25-16-26-44(50)47-43-24-14-15-27-46(43)53-49-41-23-13-11-21-36(41)28-29-45(49)48(47)51/h1,5-10,12-20,22-33,40,52-53H,11,21H2,2-3H3/b18-6-,34-5+. The normalized spacial score (nSPS) is 17.4. The van der Waals surface area contributed by atoms with Crippen molar-refractivity contribution in [1.82, 2.24) is 0 Å². The molecule has 5 aromatic carbocycles. The predicted octanol–water partition coefficient (Wildman–Crippen LogP) is 13.9. The Kier molecular flexibility index (Phi) is 9.89. The number of allylic oxidation sites excluding steroid dienone is 9. The van der Waals surface area contributed by atoms with E-state index < -0.39 is 0 Å². The lowest BCUT2D eigenvalue weighted by Crippen LogP contribution is -2.11. The fourth-order valence-corrected chi connectivity index (χ4v) is 8.93. The van der Waals surface area contributed by atoms with Gasteiger partial charge in [-0.25, -0.2) is 0 Å². The topological polar surface area (TPSA) is 24.1 Å². The summed E-state index contributed by atoms with van der Waals surface area (Å²) in [6, 6.07) is 37.6. The number of hydrogen-bond acceptors (Lipinski definition) is 2. The van der Waals surface area contributed by atoms with Gasteiger partial charge in [0.1, 0.15) is 0 Å². The van der Waals surface area contributed by atoms with E-state index in [0.29, 0.717) is 5.92 Å². The van der Waals surface area contributed by atoms with Crippen LogP contribution in [0, 0.1) is 18.3 Å². The van der Waals surface area contributed by atoms with Gasteiger partial charge < -0.3 is 10.6 Å². The number of terminal acetylenes is 1. The molecule has 2 atom stereocenters. The average Bonchev–Trinajstić information content (AvgIpc) is 3.32. The van der Waals surface area contributed by atoms with Crippen LogP contribution < -0.4 is 10.6 Å². The van der Waals surface area contributed by atoms with Gasteiger partial charge >= 0.3 is 0 Å². The zero-order valence-electron chi connectivity index (χ0n) is 30.0. The third-order valence-corrected chi connectivity index (χ3v) is 11.7. The summed E-state index contributed by atoms with van der Waals surface area (Å²) >= 11 is 2.60. The lowest BCUT2D eigenvalue weighted by Gasteiger charge is -2.27. The molecule has 0 saturated carbocycles. The van der Waals surface area contributed by atoms with Crippen LogP contribution >= 0.6 is 22.6 Å². The third kappa shape index (κ3) is 6.76. The van der Waals surface area contributed by atoms with E-state index >= 15 is 0 Å². The summed E-state index contributed by atoms with van der Waals surface area (Å²) in [6.45, 7) is 4.37. The fourth-order valence-electron chi connectivity index (χ4n) is 7.90. The van der Waals surface area contributed by atoms with E-state index in [0.717, 1.165) is 52.2 Å². The molecule has 3 aliphatic rings. The maximum absolute atomic E-state index is 5.67. The number of halogens is 1. The highest BCUT2D eigenvalue weighted by molar-refractivity contribution is 14.1. The molecule has 0 aromatic heterocycles. The van der Waals surface area contributed by atoms with Crippen molar-refractivity contribution >= 4 is 66.1 Å². The first-order valence-electron chi connectivity index (χ1n) is 18.4. The first kappa shape index (κ1) is 34.5. The lowest BCUT2D eigenvalue weighted by molar-refractivity contribution is 0.636. The molecular weight excluding hydrogens is 755 g/mol. The second kappa shape index (κ2) is 15.2. The van der Waals surface area contributed by atoms with Gasteiger partial charge in [0.15, 0.2) is 0 Å². The minimum atomic E-state index is 0.200. The minimum Gasteiger partial charge on any atom is -0.355 e. The summed E-state index contributed by atoms with van der Waals surface area (Å²) in [5.74, 6) is 3.21. The highest BCUT2D eigenvalue weighted by atomic mass is 127. The van der Waals surface area contributed by atoms with E-state index in [-0.39, 0.29) is 5.92 Å². The van der Waals surface area contributed by atoms with Crippen LogP contribution in [0.15, 0.2) is 152 Å². The number of para-hydroxylation sites is 2. The van der Waals surface area contributed by atoms with Crippen molar-refractivity contribution in [3.63, 3.8) is 0 Å². The van der Waals surface area contributed by atoms with Crippen molar-refractivity contribution in [1.29, 1.82) is 0 Å². The Morgan fingerprint density at radius 3 is 2.51 bits per heavy atom. The van der Waals surface area contributed by atoms with Gasteiger partial charge in [-0.2, -0.15) is 0 Å². The number of rotatable bonds is 7. The molecule has 2 aliphatic carbocycles. The van der Waals surface area contributed by atoms with Crippen LogP contribution in [0.4, 0.5) is 22.7 Å². The summed E-state index contributed by atoms with van der Waals surface area (Å²) in [6.07, 6.45) is 27.3. The number of benzene rings is 5. The van der Waals surface area contributed by atoms with Crippen LogP contribution in [0.2, 0.25) is 0 Å². The van der Waals surface area contributed by atoms with Gasteiger partial charge in [0.2, 0.25) is 0 Å². The zero-order chi connectivity index (χ0) is 36.3. The van der Waals surface area contributed by atoms with Crippen LogP contribution in [0.5, 0.6) is 0 Å². The van der Waals surface area contributed by atoms with Crippen molar-refractivity contribution in [2.24, 2.45) is 5.92 Å². The van der Waals surface area contributed by atoms with Crippen LogP contribution in [0.1, 0.15) is 65.1 Å². The van der Waals surface area contributed by atoms with Crippen molar-refractivity contribution in [2.75, 3.05) is 10.6 Å². The lowest BCUT2D eigenvalue weighted by atomic mass is 9.81. The minimum absolute atomic E-state index is 0.200. The molecule has 258 valence electrons. The first-order valence-corrected chi connectivity index (χ1v) is 19.5. The number of aryl methyl sites for hydroxylation is 1. The predicted molar refractivity (Wildman–Crippen MR) is 237 cm³/mol. The van der Waals surface area contributed by atoms with Crippen LogP contribution in [0.3, 0.4) is 0 Å². The Morgan fingerprint density at radius 1 is 0.868 bits per heavy atom. The average molecular weight is 797 g/mol. The Bertz CT molecular complexity index is 2450. The molecular formula is C50H41IN2. The van der Waals surface area contributed by atoms with E-state index in [9.17, 15) is 0 Å². The number of fused-ring (bicyclic) bond motifs is 4. The van der Waals surface area contributed by atoms with Crippen molar-refractivity contribution in [3.05, 3.63) is 191 Å². The van der Waals surface area contributed by atoms with E-state index in [1.807, 2.05) is 6.08 Å². The Labute approximate surface area is 327 Å². The van der Waals surface area contributed by atoms with Crippen LogP contribution in [-0.2, 0) is 6.42 Å². The Balaban J connectivity index is 1.38. The zero-order valence-corrected chi connectivity index (χ0v) is 32.2. The fraction of sp³-hybridized carbons (Fsp3) is 0.120. The number of hydrogen-bond donors (Lipinski definition) is 2. The van der Waals surface area contributed by atoms with Crippen LogP contribution in [-0.4, -0.2) is 0 Å². The maximum atomic E-state index is 5.67. The summed E-state index contributed by atoms with van der Waals surface area (Å²) in [4.78, 5) is 0. The van der Waals surface area contributed by atoms with E-state index in [4.69, 9.17) is 6.42 Å². The van der Waals surface area contributed by atoms with Gasteiger partial charge in [0.25, 0.3) is 0 Å². The molecule has 5 aromatic rings. The maximum Gasteiger partial charge on any atom is 0.0545 e. The highest BCUT2D eigenvalue weighted by Gasteiger charge is 2.28. The second-order valence-electron chi connectivity index (χ2n) is 13.8. The molecule has 0 radical (unpaired) electrons. The molecule has 0 amide bonds. The molecule has 2 N–H and O–H groups in total. The van der Waals surface area contributed by atoms with E-state index in [2.05, 4.69) is 199 Å². The Hall–Kier alpha value is -5.57. The quantitative estimate of drug-likeness (QED) is 0.0974. The molecule has 53 heavy (non-hydrogen) atoms. The molecule has 0 saturated heterocycles. The molecule has 1 aliphatic heterocycles. The van der Waals surface area contributed by atoms with Gasteiger partial charge in [0, 0.05) is 48.7 Å². The van der Waals surface area contributed by atoms with Crippen LogP contribution in [0.25, 0.3) is 31.9 Å². The van der Waals surface area contributed by atoms with Gasteiger partial charge in [-0.1, -0.05) is 134 Å². The summed E-state index contributed by atoms with van der Waals surface area (Å²) in [5.41, 5.74) is 17.6. The first-order chi connectivity index (χ1) is 26.0. The molecule has 2 nitrogen and oxygen atoms in total. The van der Waals surface area contributed by atoms with E-state index in [1.165, 1.54) is 48.2 Å². The molecule has 2 unspecified atom stereocenters. The van der Waals surface area contributed by atoms with Gasteiger partial charge in [0.05, 0.1) is 11.4 Å². The van der Waals surface area contributed by atoms with Gasteiger partial charge in [-0.15, -0.1) is 6.42 Å². The largest absolute Gasteiger partial charge is 0.355 e. The van der Waals surface area contributed by atoms with E-state index in [1.54, 1.807) is 6.08 Å². The molecule has 0 spiro atoms. The number of anilines is 4. The summed E-state index contributed by atoms with van der Waals surface area (Å²) in [5, 5.41) is 7.99. The third-order valence-electron chi connectivity index (χ3n) is 10.6. The molecule has 1 heterocycles. The van der Waals surface area contributed by atoms with Crippen molar-refractivity contribution in [2.45, 2.75) is 32.6 Å². The SMILES string of the molecule is C#C/C=C\C(=C/C)c1cc(Nc2c(C3=C(I)c4ccc5c(c4Nc4ccccc43)C=CCC5)cccc2C2C=CC=CC2C)cc(-c2ccccc2)c1. The van der Waals surface area contributed by atoms with Crippen molar-refractivity contribution in [3.8, 4) is 23.5 Å². The highest BCUT2D eigenvalue weighted by Crippen LogP contribution is 2.51. The Morgan fingerprint density at radius 2 is 1.68 bits per heavy atom. The summed E-state index contributed by atoms with van der Waals surface area (Å²) in [7, 11) is 0. The molecule has 0 bridgehead atoms. The van der Waals surface area contributed by atoms with Gasteiger partial charge in [-0.3, -0.25) is 0 Å². The molecule has 0 fully saturated rings. The molecule has 3 heteroatoms.